The van der Waals surface area contributed by atoms with Gasteiger partial charge in [-0.1, -0.05) is 54.6 Å². The van der Waals surface area contributed by atoms with Crippen molar-refractivity contribution in [2.45, 2.75) is 38.8 Å². The molecule has 5 rings (SSSR count). The number of carbonyl (C=O) groups excluding carboxylic acids is 2. The lowest BCUT2D eigenvalue weighted by Crippen LogP contribution is -2.61. The smallest absolute Gasteiger partial charge is 0.292 e. The maximum atomic E-state index is 13.2. The van der Waals surface area contributed by atoms with Crippen LogP contribution in [0.2, 0.25) is 0 Å². The Balaban J connectivity index is 1.36. The van der Waals surface area contributed by atoms with E-state index < -0.39 is 6.04 Å². The van der Waals surface area contributed by atoms with Crippen LogP contribution < -0.4 is 0 Å². The van der Waals surface area contributed by atoms with Gasteiger partial charge in [-0.3, -0.25) is 19.5 Å². The standard InChI is InChI=1S/C28H34N5O2/c1-20-9-7-8-12-23(20)18-33-24(29-26-25(33)27(34)31(3)28(35)30(26)2)19-32-15-13-22(14-16-32)17-21-10-5-4-6-11-21/h4-12,22,25H,13-19H2,1-3H3/q+1. The molecule has 182 valence electrons. The third-order valence-corrected chi connectivity index (χ3v) is 7.65. The van der Waals surface area contributed by atoms with Gasteiger partial charge in [0.25, 0.3) is 17.8 Å². The largest absolute Gasteiger partial charge is 0.333 e. The molecular weight excluding hydrogens is 438 g/mol. The fraction of sp³-hybridized carbons (Fsp3) is 0.429. The maximum absolute atomic E-state index is 13.2. The van der Waals surface area contributed by atoms with Gasteiger partial charge in [0.15, 0.2) is 0 Å². The summed E-state index contributed by atoms with van der Waals surface area (Å²) in [5.74, 6) is 1.90. The maximum Gasteiger partial charge on any atom is 0.333 e. The van der Waals surface area contributed by atoms with Gasteiger partial charge in [0.1, 0.15) is 13.1 Å². The van der Waals surface area contributed by atoms with Crippen molar-refractivity contribution in [1.29, 1.82) is 0 Å². The minimum absolute atomic E-state index is 0.211. The van der Waals surface area contributed by atoms with Gasteiger partial charge in [0.05, 0.1) is 0 Å². The van der Waals surface area contributed by atoms with Crippen molar-refractivity contribution in [2.75, 3.05) is 33.7 Å². The first-order chi connectivity index (χ1) is 16.9. The van der Waals surface area contributed by atoms with Crippen molar-refractivity contribution < 1.29 is 14.2 Å². The highest BCUT2D eigenvalue weighted by Crippen LogP contribution is 2.25. The van der Waals surface area contributed by atoms with Gasteiger partial charge in [-0.2, -0.15) is 0 Å². The molecule has 0 aromatic heterocycles. The quantitative estimate of drug-likeness (QED) is 0.607. The van der Waals surface area contributed by atoms with E-state index in [-0.39, 0.29) is 11.9 Å². The predicted octanol–water partition coefficient (Wildman–Crippen LogP) is 3.17. The third kappa shape index (κ3) is 4.65. The summed E-state index contributed by atoms with van der Waals surface area (Å²) in [4.78, 5) is 35.9. The summed E-state index contributed by atoms with van der Waals surface area (Å²) in [6.45, 7) is 5.39. The zero-order chi connectivity index (χ0) is 24.5. The molecule has 0 aliphatic carbocycles. The molecular formula is C28H34N5O2+. The molecule has 0 bridgehead atoms. The Labute approximate surface area is 207 Å². The fourth-order valence-corrected chi connectivity index (χ4v) is 5.42. The molecule has 3 aliphatic rings. The highest BCUT2D eigenvalue weighted by Gasteiger charge is 2.53. The molecule has 0 spiro atoms. The molecule has 1 unspecified atom stereocenters. The first kappa shape index (κ1) is 23.4. The van der Waals surface area contributed by atoms with Crippen LogP contribution in [0.5, 0.6) is 0 Å². The third-order valence-electron chi connectivity index (χ3n) is 7.65. The van der Waals surface area contributed by atoms with Gasteiger partial charge in [-0.25, -0.2) is 9.37 Å². The molecule has 2 aromatic rings. The molecule has 7 nitrogen and oxygen atoms in total. The Kier molecular flexibility index (Phi) is 6.52. The van der Waals surface area contributed by atoms with Crippen LogP contribution in [0.3, 0.4) is 0 Å². The Morgan fingerprint density at radius 2 is 1.63 bits per heavy atom. The van der Waals surface area contributed by atoms with Crippen LogP contribution in [0.25, 0.3) is 0 Å². The number of rotatable bonds is 6. The van der Waals surface area contributed by atoms with Gasteiger partial charge >= 0.3 is 11.9 Å². The number of imide groups is 1. The molecule has 3 aliphatic heterocycles. The lowest BCUT2D eigenvalue weighted by Gasteiger charge is -2.31. The number of aryl methyl sites for hydroxylation is 1. The highest BCUT2D eigenvalue weighted by atomic mass is 16.2. The van der Waals surface area contributed by atoms with Gasteiger partial charge in [0, 0.05) is 14.1 Å². The number of amides is 3. The predicted molar refractivity (Wildman–Crippen MR) is 137 cm³/mol. The van der Waals surface area contributed by atoms with Gasteiger partial charge < -0.3 is 0 Å². The van der Waals surface area contributed by atoms with E-state index in [1.54, 1.807) is 14.1 Å². The molecule has 3 amide bonds. The number of urea groups is 1. The van der Waals surface area contributed by atoms with Crippen LogP contribution >= 0.6 is 0 Å². The summed E-state index contributed by atoms with van der Waals surface area (Å²) < 4.78 is 2.11. The molecule has 2 fully saturated rings. The van der Waals surface area contributed by atoms with Gasteiger partial charge in [-0.15, -0.1) is 0 Å². The van der Waals surface area contributed by atoms with Crippen LogP contribution in [-0.4, -0.2) is 82.7 Å². The summed E-state index contributed by atoms with van der Waals surface area (Å²) in [6, 6.07) is 18.1. The summed E-state index contributed by atoms with van der Waals surface area (Å²) in [7, 11) is 3.26. The summed E-state index contributed by atoms with van der Waals surface area (Å²) in [6.07, 6.45) is 3.43. The van der Waals surface area contributed by atoms with E-state index in [0.29, 0.717) is 24.8 Å². The van der Waals surface area contributed by atoms with Gasteiger partial charge in [0.2, 0.25) is 0 Å². The van der Waals surface area contributed by atoms with Crippen molar-refractivity contribution in [1.82, 2.24) is 14.7 Å². The average molecular weight is 473 g/mol. The van der Waals surface area contributed by atoms with Crippen LogP contribution in [0, 0.1) is 12.8 Å². The molecule has 35 heavy (non-hydrogen) atoms. The minimum atomic E-state index is -0.562. The first-order valence-electron chi connectivity index (χ1n) is 12.5. The second-order valence-electron chi connectivity index (χ2n) is 9.99. The second-order valence-corrected chi connectivity index (χ2v) is 9.99. The zero-order valence-electron chi connectivity index (χ0n) is 20.9. The fourth-order valence-electron chi connectivity index (χ4n) is 5.42. The number of hydrogen-bond donors (Lipinski definition) is 0. The van der Waals surface area contributed by atoms with E-state index in [4.69, 9.17) is 4.99 Å². The molecule has 2 aromatic carbocycles. The topological polar surface area (TPSA) is 59.2 Å². The molecule has 0 N–H and O–H groups in total. The van der Waals surface area contributed by atoms with E-state index in [1.165, 1.54) is 20.9 Å². The number of piperidine rings is 1. The summed E-state index contributed by atoms with van der Waals surface area (Å²) in [5, 5.41) is 0. The van der Waals surface area contributed by atoms with Crippen LogP contribution in [0.1, 0.15) is 29.5 Å². The molecule has 7 heteroatoms. The molecule has 3 heterocycles. The Morgan fingerprint density at radius 1 is 0.943 bits per heavy atom. The van der Waals surface area contributed by atoms with Crippen molar-refractivity contribution in [3.63, 3.8) is 0 Å². The number of likely N-dealkylation sites (N-methyl/N-ethyl adjacent to an activating group) is 2. The number of carbonyl (C=O) groups is 2. The second kappa shape index (κ2) is 9.74. The van der Waals surface area contributed by atoms with Crippen molar-refractivity contribution >= 4 is 23.6 Å². The van der Waals surface area contributed by atoms with E-state index in [1.807, 2.05) is 12.1 Å². The van der Waals surface area contributed by atoms with Crippen molar-refractivity contribution in [3.05, 3.63) is 71.3 Å². The van der Waals surface area contributed by atoms with E-state index in [0.717, 1.165) is 43.8 Å². The lowest BCUT2D eigenvalue weighted by atomic mass is 9.90. The molecule has 1 atom stereocenters. The first-order valence-corrected chi connectivity index (χ1v) is 12.5. The van der Waals surface area contributed by atoms with E-state index >= 15 is 0 Å². The van der Waals surface area contributed by atoms with Crippen LogP contribution in [0.15, 0.2) is 59.6 Å². The van der Waals surface area contributed by atoms with Crippen molar-refractivity contribution in [3.8, 4) is 0 Å². The number of likely N-dealkylation sites (tertiary alicyclic amines) is 1. The normalized spacial score (nSPS) is 21.6. The highest BCUT2D eigenvalue weighted by molar-refractivity contribution is 6.23. The number of benzene rings is 2. The lowest BCUT2D eigenvalue weighted by molar-refractivity contribution is -0.552. The number of hydrogen-bond acceptors (Lipinski definition) is 4. The summed E-state index contributed by atoms with van der Waals surface area (Å²) >= 11 is 0. The molecule has 2 saturated heterocycles. The Morgan fingerprint density at radius 3 is 2.34 bits per heavy atom. The number of nitrogens with zero attached hydrogens (tertiary/aromatic N) is 5. The number of amidine groups is 2. The average Bonchev–Trinajstić information content (AvgIpc) is 3.22. The molecule has 0 radical (unpaired) electrons. The number of aliphatic imine (C=N–C) groups is 1. The molecule has 0 saturated carbocycles. The van der Waals surface area contributed by atoms with E-state index in [2.05, 4.69) is 58.9 Å². The monoisotopic (exact) mass is 472 g/mol. The zero-order valence-corrected chi connectivity index (χ0v) is 20.9. The summed E-state index contributed by atoms with van der Waals surface area (Å²) in [5.41, 5.74) is 3.76. The number of fused-ring (bicyclic) bond motifs is 1. The Bertz CT molecular complexity index is 1180. The van der Waals surface area contributed by atoms with Crippen LogP contribution in [0.4, 0.5) is 4.79 Å². The van der Waals surface area contributed by atoms with Crippen molar-refractivity contribution in [2.24, 2.45) is 10.9 Å². The van der Waals surface area contributed by atoms with Crippen LogP contribution in [-0.2, 0) is 17.8 Å². The Hall–Kier alpha value is -3.32. The minimum Gasteiger partial charge on any atom is -0.292 e. The van der Waals surface area contributed by atoms with Gasteiger partial charge in [-0.05, 0) is 66.9 Å². The SMILES string of the molecule is Cc1ccccc1C[N+]1=C(CN2CCC(Cc3ccccc3)CC2)N=C2C1C(=O)N(C)C(=O)N2C. The van der Waals surface area contributed by atoms with E-state index in [9.17, 15) is 9.59 Å².